The Labute approximate surface area is 148 Å². The number of nitrogens with one attached hydrogen (secondary N) is 2. The minimum absolute atomic E-state index is 0.0736. The first kappa shape index (κ1) is 19.1. The summed E-state index contributed by atoms with van der Waals surface area (Å²) in [4.78, 5) is 12.0. The third kappa shape index (κ3) is 5.68. The van der Waals surface area contributed by atoms with Crippen molar-refractivity contribution < 1.29 is 13.2 Å². The van der Waals surface area contributed by atoms with Crippen LogP contribution >= 0.6 is 0 Å². The molecule has 8 heteroatoms. The molecule has 0 fully saturated rings. The molecule has 1 aromatic carbocycles. The molecule has 0 aliphatic heterocycles. The van der Waals surface area contributed by atoms with E-state index in [0.29, 0.717) is 0 Å². The van der Waals surface area contributed by atoms with Crippen LogP contribution in [0.25, 0.3) is 0 Å². The van der Waals surface area contributed by atoms with E-state index in [0.717, 1.165) is 22.5 Å². The molecule has 1 amide bonds. The number of rotatable bonds is 8. The van der Waals surface area contributed by atoms with E-state index in [1.54, 1.807) is 28.9 Å². The monoisotopic (exact) mass is 364 g/mol. The fourth-order valence-corrected chi connectivity index (χ4v) is 3.70. The zero-order valence-corrected chi connectivity index (χ0v) is 15.6. The standard InChI is InChI=1S/C17H24N4O3S/c1-13-16(14(2)21(3)20-13)11-17(22)18-9-10-19-25(23,24)12-15-7-5-4-6-8-15/h4-8,19H,9-12H2,1-3H3,(H,18,22). The lowest BCUT2D eigenvalue weighted by Gasteiger charge is -2.08. The van der Waals surface area contributed by atoms with Crippen LogP contribution in [-0.4, -0.2) is 37.2 Å². The summed E-state index contributed by atoms with van der Waals surface area (Å²) in [6.45, 7) is 4.19. The van der Waals surface area contributed by atoms with Gasteiger partial charge in [0, 0.05) is 31.4 Å². The van der Waals surface area contributed by atoms with Gasteiger partial charge in [0.1, 0.15) is 0 Å². The molecule has 0 aliphatic rings. The van der Waals surface area contributed by atoms with Gasteiger partial charge >= 0.3 is 0 Å². The fraction of sp³-hybridized carbons (Fsp3) is 0.412. The highest BCUT2D eigenvalue weighted by atomic mass is 32.2. The van der Waals surface area contributed by atoms with E-state index in [2.05, 4.69) is 15.1 Å². The first-order valence-electron chi connectivity index (χ1n) is 8.05. The highest BCUT2D eigenvalue weighted by molar-refractivity contribution is 7.88. The predicted molar refractivity (Wildman–Crippen MR) is 96.5 cm³/mol. The summed E-state index contributed by atoms with van der Waals surface area (Å²) in [6, 6.07) is 8.96. The van der Waals surface area contributed by atoms with Gasteiger partial charge in [0.2, 0.25) is 15.9 Å². The van der Waals surface area contributed by atoms with Crippen molar-refractivity contribution in [1.29, 1.82) is 0 Å². The van der Waals surface area contributed by atoms with E-state index in [9.17, 15) is 13.2 Å². The van der Waals surface area contributed by atoms with Crippen molar-refractivity contribution in [2.24, 2.45) is 7.05 Å². The molecule has 0 saturated heterocycles. The predicted octanol–water partition coefficient (Wildman–Crippen LogP) is 0.815. The Bertz CT molecular complexity index is 829. The minimum atomic E-state index is -3.42. The van der Waals surface area contributed by atoms with Crippen LogP contribution in [0.15, 0.2) is 30.3 Å². The third-order valence-corrected chi connectivity index (χ3v) is 5.32. The lowest BCUT2D eigenvalue weighted by Crippen LogP contribution is -2.35. The van der Waals surface area contributed by atoms with Crippen LogP contribution in [0.3, 0.4) is 0 Å². The summed E-state index contributed by atoms with van der Waals surface area (Å²) in [5.41, 5.74) is 3.42. The van der Waals surface area contributed by atoms with Crippen LogP contribution in [0, 0.1) is 13.8 Å². The van der Waals surface area contributed by atoms with Gasteiger partial charge in [0.25, 0.3) is 0 Å². The molecule has 0 saturated carbocycles. The maximum absolute atomic E-state index is 12.0. The number of carbonyl (C=O) groups is 1. The van der Waals surface area contributed by atoms with Gasteiger partial charge in [0.15, 0.2) is 0 Å². The first-order chi connectivity index (χ1) is 11.8. The van der Waals surface area contributed by atoms with E-state index in [4.69, 9.17) is 0 Å². The quantitative estimate of drug-likeness (QED) is 0.678. The van der Waals surface area contributed by atoms with Gasteiger partial charge < -0.3 is 5.32 Å². The number of sulfonamides is 1. The van der Waals surface area contributed by atoms with Crippen molar-refractivity contribution in [1.82, 2.24) is 19.8 Å². The first-order valence-corrected chi connectivity index (χ1v) is 9.71. The zero-order chi connectivity index (χ0) is 18.4. The molecule has 0 aliphatic carbocycles. The van der Waals surface area contributed by atoms with Gasteiger partial charge in [-0.05, 0) is 19.4 Å². The summed E-state index contributed by atoms with van der Waals surface area (Å²) in [5, 5.41) is 7.01. The van der Waals surface area contributed by atoms with Crippen molar-refractivity contribution in [3.05, 3.63) is 52.8 Å². The summed E-state index contributed by atoms with van der Waals surface area (Å²) in [6.07, 6.45) is 0.238. The van der Waals surface area contributed by atoms with Crippen LogP contribution in [0.5, 0.6) is 0 Å². The summed E-state index contributed by atoms with van der Waals surface area (Å²) in [5.74, 6) is -0.225. The highest BCUT2D eigenvalue weighted by Crippen LogP contribution is 2.12. The molecule has 7 nitrogen and oxygen atoms in total. The third-order valence-electron chi connectivity index (χ3n) is 3.96. The molecular formula is C17H24N4O3S. The molecule has 0 atom stereocenters. The normalized spacial score (nSPS) is 11.5. The molecule has 0 radical (unpaired) electrons. The molecule has 0 spiro atoms. The molecule has 1 heterocycles. The maximum atomic E-state index is 12.0. The molecular weight excluding hydrogens is 340 g/mol. The van der Waals surface area contributed by atoms with Gasteiger partial charge in [0.05, 0.1) is 17.9 Å². The Balaban J connectivity index is 1.76. The Morgan fingerprint density at radius 1 is 1.16 bits per heavy atom. The molecule has 2 aromatic rings. The molecule has 1 aromatic heterocycles. The van der Waals surface area contributed by atoms with Crippen molar-refractivity contribution >= 4 is 15.9 Å². The molecule has 2 rings (SSSR count). The summed E-state index contributed by atoms with van der Waals surface area (Å²) in [7, 11) is -1.58. The summed E-state index contributed by atoms with van der Waals surface area (Å²) >= 11 is 0. The van der Waals surface area contributed by atoms with Crippen LogP contribution in [-0.2, 0) is 34.0 Å². The largest absolute Gasteiger partial charge is 0.354 e. The molecule has 0 unspecified atom stereocenters. The van der Waals surface area contributed by atoms with Gasteiger partial charge in [-0.25, -0.2) is 13.1 Å². The molecule has 0 bridgehead atoms. The van der Waals surface area contributed by atoms with Gasteiger partial charge in [-0.2, -0.15) is 5.10 Å². The molecule has 25 heavy (non-hydrogen) atoms. The number of hydrogen-bond donors (Lipinski definition) is 2. The van der Waals surface area contributed by atoms with Crippen molar-refractivity contribution in [3.8, 4) is 0 Å². The Morgan fingerprint density at radius 2 is 1.84 bits per heavy atom. The lowest BCUT2D eigenvalue weighted by molar-refractivity contribution is -0.120. The van der Waals surface area contributed by atoms with Crippen LogP contribution < -0.4 is 10.0 Å². The van der Waals surface area contributed by atoms with Crippen molar-refractivity contribution in [2.45, 2.75) is 26.0 Å². The Kier molecular flexibility index (Phi) is 6.33. The van der Waals surface area contributed by atoms with E-state index in [1.165, 1.54) is 0 Å². The topological polar surface area (TPSA) is 93.1 Å². The average molecular weight is 364 g/mol. The van der Waals surface area contributed by atoms with E-state index in [-0.39, 0.29) is 31.2 Å². The van der Waals surface area contributed by atoms with Gasteiger partial charge in [-0.1, -0.05) is 30.3 Å². The number of carbonyl (C=O) groups excluding carboxylic acids is 1. The molecule has 136 valence electrons. The van der Waals surface area contributed by atoms with E-state index < -0.39 is 10.0 Å². The smallest absolute Gasteiger partial charge is 0.224 e. The number of nitrogens with zero attached hydrogens (tertiary/aromatic N) is 2. The number of amides is 1. The van der Waals surface area contributed by atoms with Crippen LogP contribution in [0.1, 0.15) is 22.5 Å². The Hall–Kier alpha value is -2.19. The number of hydrogen-bond acceptors (Lipinski definition) is 4. The Morgan fingerprint density at radius 3 is 2.44 bits per heavy atom. The van der Waals surface area contributed by atoms with Gasteiger partial charge in [-0.15, -0.1) is 0 Å². The lowest BCUT2D eigenvalue weighted by atomic mass is 10.1. The second kappa shape index (κ2) is 8.26. The minimum Gasteiger partial charge on any atom is -0.354 e. The zero-order valence-electron chi connectivity index (χ0n) is 14.7. The van der Waals surface area contributed by atoms with Gasteiger partial charge in [-0.3, -0.25) is 9.48 Å². The highest BCUT2D eigenvalue weighted by Gasteiger charge is 2.14. The summed E-state index contributed by atoms with van der Waals surface area (Å²) < 4.78 is 28.2. The van der Waals surface area contributed by atoms with E-state index in [1.807, 2.05) is 27.0 Å². The average Bonchev–Trinajstić information content (AvgIpc) is 2.78. The second-order valence-corrected chi connectivity index (χ2v) is 7.75. The second-order valence-electron chi connectivity index (χ2n) is 5.94. The van der Waals surface area contributed by atoms with E-state index >= 15 is 0 Å². The number of aromatic nitrogens is 2. The fourth-order valence-electron chi connectivity index (χ4n) is 2.55. The van der Waals surface area contributed by atoms with Crippen LogP contribution in [0.4, 0.5) is 0 Å². The van der Waals surface area contributed by atoms with Crippen molar-refractivity contribution in [2.75, 3.05) is 13.1 Å². The maximum Gasteiger partial charge on any atom is 0.224 e. The SMILES string of the molecule is Cc1nn(C)c(C)c1CC(=O)NCCNS(=O)(=O)Cc1ccccc1. The molecule has 2 N–H and O–H groups in total. The van der Waals surface area contributed by atoms with Crippen molar-refractivity contribution in [3.63, 3.8) is 0 Å². The number of aryl methyl sites for hydroxylation is 2. The van der Waals surface area contributed by atoms with Crippen LogP contribution in [0.2, 0.25) is 0 Å². The number of benzene rings is 1.